The first kappa shape index (κ1) is 17.7. The summed E-state index contributed by atoms with van der Waals surface area (Å²) in [5, 5.41) is 5.82. The molecule has 4 nitrogen and oxygen atoms in total. The van der Waals surface area contributed by atoms with Crippen LogP contribution in [0.4, 0.5) is 0 Å². The maximum absolute atomic E-state index is 11.4. The van der Waals surface area contributed by atoms with Gasteiger partial charge in [0.1, 0.15) is 5.75 Å². The first-order valence-electron chi connectivity index (χ1n) is 6.28. The van der Waals surface area contributed by atoms with Crippen molar-refractivity contribution >= 4 is 18.3 Å². The summed E-state index contributed by atoms with van der Waals surface area (Å²) in [4.78, 5) is 11.4. The summed E-state index contributed by atoms with van der Waals surface area (Å²) in [7, 11) is 1.83. The zero-order valence-electron chi connectivity index (χ0n) is 11.7. The molecule has 0 saturated carbocycles. The van der Waals surface area contributed by atoms with E-state index in [1.807, 2.05) is 45.2 Å². The maximum atomic E-state index is 11.4. The Balaban J connectivity index is 0.00000324. The molecule has 0 spiro atoms. The van der Waals surface area contributed by atoms with Crippen molar-refractivity contribution in [1.82, 2.24) is 10.6 Å². The van der Waals surface area contributed by atoms with Crippen LogP contribution < -0.4 is 15.4 Å². The molecule has 1 aromatic carbocycles. The molecule has 0 fully saturated rings. The van der Waals surface area contributed by atoms with Gasteiger partial charge in [0.05, 0.1) is 6.10 Å². The van der Waals surface area contributed by atoms with Crippen LogP contribution in [0.2, 0.25) is 0 Å². The molecule has 0 aliphatic heterocycles. The van der Waals surface area contributed by atoms with Crippen LogP contribution in [0.5, 0.6) is 5.75 Å². The molecular formula is C14H23ClN2O2. The third-order valence-corrected chi connectivity index (χ3v) is 2.39. The van der Waals surface area contributed by atoms with Gasteiger partial charge in [-0.15, -0.1) is 12.4 Å². The topological polar surface area (TPSA) is 50.4 Å². The van der Waals surface area contributed by atoms with Crippen molar-refractivity contribution < 1.29 is 9.53 Å². The average molecular weight is 287 g/mol. The van der Waals surface area contributed by atoms with Gasteiger partial charge < -0.3 is 15.4 Å². The van der Waals surface area contributed by atoms with E-state index in [1.165, 1.54) is 0 Å². The van der Waals surface area contributed by atoms with Gasteiger partial charge in [0.2, 0.25) is 5.91 Å². The van der Waals surface area contributed by atoms with Gasteiger partial charge in [-0.1, -0.05) is 12.1 Å². The van der Waals surface area contributed by atoms with Crippen LogP contribution in [0.1, 0.15) is 25.8 Å². The Labute approximate surface area is 121 Å². The molecule has 0 atom stereocenters. The summed E-state index contributed by atoms with van der Waals surface area (Å²) in [5.74, 6) is 0.919. The quantitative estimate of drug-likeness (QED) is 0.807. The van der Waals surface area contributed by atoms with Crippen LogP contribution in [-0.4, -0.2) is 25.6 Å². The van der Waals surface area contributed by atoms with Gasteiger partial charge in [0.25, 0.3) is 0 Å². The molecule has 0 aliphatic rings. The van der Waals surface area contributed by atoms with Gasteiger partial charge >= 0.3 is 0 Å². The number of nitrogens with one attached hydrogen (secondary N) is 2. The molecule has 2 N–H and O–H groups in total. The Morgan fingerprint density at radius 3 is 2.42 bits per heavy atom. The highest BCUT2D eigenvalue weighted by Gasteiger charge is 2.01. The SMILES string of the molecule is CNCCC(=O)NCc1ccc(OC(C)C)cc1.Cl. The summed E-state index contributed by atoms with van der Waals surface area (Å²) in [6, 6.07) is 7.79. The normalized spacial score (nSPS) is 9.89. The summed E-state index contributed by atoms with van der Waals surface area (Å²) >= 11 is 0. The van der Waals surface area contributed by atoms with E-state index in [-0.39, 0.29) is 24.4 Å². The van der Waals surface area contributed by atoms with Gasteiger partial charge in [-0.3, -0.25) is 4.79 Å². The second kappa shape index (κ2) is 9.64. The number of carbonyl (C=O) groups is 1. The zero-order valence-corrected chi connectivity index (χ0v) is 12.5. The van der Waals surface area contributed by atoms with Crippen molar-refractivity contribution in [1.29, 1.82) is 0 Å². The number of benzene rings is 1. The Morgan fingerprint density at radius 1 is 1.26 bits per heavy atom. The molecule has 0 saturated heterocycles. The van der Waals surface area contributed by atoms with Crippen molar-refractivity contribution in [3.05, 3.63) is 29.8 Å². The molecule has 0 bridgehead atoms. The van der Waals surface area contributed by atoms with E-state index in [4.69, 9.17) is 4.74 Å². The monoisotopic (exact) mass is 286 g/mol. The fourth-order valence-corrected chi connectivity index (χ4v) is 1.49. The van der Waals surface area contributed by atoms with E-state index in [1.54, 1.807) is 0 Å². The number of ether oxygens (including phenoxy) is 1. The molecule has 0 unspecified atom stereocenters. The number of hydrogen-bond acceptors (Lipinski definition) is 3. The Kier molecular flexibility index (Phi) is 9.00. The largest absolute Gasteiger partial charge is 0.491 e. The molecule has 0 heterocycles. The van der Waals surface area contributed by atoms with Crippen LogP contribution in [0.15, 0.2) is 24.3 Å². The summed E-state index contributed by atoms with van der Waals surface area (Å²) in [5.41, 5.74) is 1.07. The number of amides is 1. The highest BCUT2D eigenvalue weighted by Crippen LogP contribution is 2.13. The number of halogens is 1. The van der Waals surface area contributed by atoms with Crippen LogP contribution in [0, 0.1) is 0 Å². The lowest BCUT2D eigenvalue weighted by atomic mass is 10.2. The Morgan fingerprint density at radius 2 is 1.89 bits per heavy atom. The predicted octanol–water partition coefficient (Wildman–Crippen LogP) is 2.12. The molecule has 19 heavy (non-hydrogen) atoms. The van der Waals surface area contributed by atoms with E-state index in [0.29, 0.717) is 19.5 Å². The predicted molar refractivity (Wildman–Crippen MR) is 79.8 cm³/mol. The standard InChI is InChI=1S/C14H22N2O2.ClH/c1-11(2)18-13-6-4-12(5-7-13)10-16-14(17)8-9-15-3;/h4-7,11,15H,8-10H2,1-3H3,(H,16,17);1H. The lowest BCUT2D eigenvalue weighted by molar-refractivity contribution is -0.121. The minimum atomic E-state index is 0. The first-order valence-corrected chi connectivity index (χ1v) is 6.28. The lowest BCUT2D eigenvalue weighted by Crippen LogP contribution is -2.26. The van der Waals surface area contributed by atoms with E-state index < -0.39 is 0 Å². The van der Waals surface area contributed by atoms with Crippen molar-refractivity contribution in [3.63, 3.8) is 0 Å². The lowest BCUT2D eigenvalue weighted by Gasteiger charge is -2.10. The van der Waals surface area contributed by atoms with Gasteiger partial charge in [-0.05, 0) is 38.6 Å². The van der Waals surface area contributed by atoms with Crippen LogP contribution in [0.3, 0.4) is 0 Å². The average Bonchev–Trinajstić information content (AvgIpc) is 2.35. The van der Waals surface area contributed by atoms with Gasteiger partial charge in [-0.2, -0.15) is 0 Å². The van der Waals surface area contributed by atoms with E-state index in [0.717, 1.165) is 11.3 Å². The number of rotatable bonds is 7. The number of hydrogen-bond donors (Lipinski definition) is 2. The smallest absolute Gasteiger partial charge is 0.221 e. The third-order valence-electron chi connectivity index (χ3n) is 2.39. The Hall–Kier alpha value is -1.26. The highest BCUT2D eigenvalue weighted by atomic mass is 35.5. The fourth-order valence-electron chi connectivity index (χ4n) is 1.49. The molecule has 108 valence electrons. The molecule has 0 radical (unpaired) electrons. The molecule has 1 rings (SSSR count). The van der Waals surface area contributed by atoms with E-state index in [2.05, 4.69) is 10.6 Å². The summed E-state index contributed by atoms with van der Waals surface area (Å²) < 4.78 is 5.55. The molecule has 1 amide bonds. The number of carbonyl (C=O) groups excluding carboxylic acids is 1. The van der Waals surface area contributed by atoms with E-state index >= 15 is 0 Å². The molecular weight excluding hydrogens is 264 g/mol. The first-order chi connectivity index (χ1) is 8.61. The second-order valence-electron chi connectivity index (χ2n) is 4.44. The highest BCUT2D eigenvalue weighted by molar-refractivity contribution is 5.85. The van der Waals surface area contributed by atoms with E-state index in [9.17, 15) is 4.79 Å². The maximum Gasteiger partial charge on any atom is 0.221 e. The van der Waals surface area contributed by atoms with Crippen molar-refractivity contribution in [2.45, 2.75) is 32.9 Å². The van der Waals surface area contributed by atoms with Gasteiger partial charge in [-0.25, -0.2) is 0 Å². The molecule has 1 aromatic rings. The van der Waals surface area contributed by atoms with Crippen molar-refractivity contribution in [2.24, 2.45) is 0 Å². The minimum absolute atomic E-state index is 0. The molecule has 0 aliphatic carbocycles. The Bertz CT molecular complexity index is 366. The van der Waals surface area contributed by atoms with Crippen molar-refractivity contribution in [2.75, 3.05) is 13.6 Å². The minimum Gasteiger partial charge on any atom is -0.491 e. The van der Waals surface area contributed by atoms with Crippen LogP contribution in [0.25, 0.3) is 0 Å². The molecule has 5 heteroatoms. The van der Waals surface area contributed by atoms with Crippen LogP contribution >= 0.6 is 12.4 Å². The van der Waals surface area contributed by atoms with Crippen molar-refractivity contribution in [3.8, 4) is 5.75 Å². The summed E-state index contributed by atoms with van der Waals surface area (Å²) in [6.45, 7) is 5.25. The van der Waals surface area contributed by atoms with Gasteiger partial charge in [0.15, 0.2) is 0 Å². The third kappa shape index (κ3) is 7.70. The summed E-state index contributed by atoms with van der Waals surface area (Å²) in [6.07, 6.45) is 0.683. The van der Waals surface area contributed by atoms with Gasteiger partial charge in [0, 0.05) is 19.5 Å². The molecule has 0 aromatic heterocycles. The van der Waals surface area contributed by atoms with Crippen LogP contribution in [-0.2, 0) is 11.3 Å². The second-order valence-corrected chi connectivity index (χ2v) is 4.44. The fraction of sp³-hybridized carbons (Fsp3) is 0.500. The zero-order chi connectivity index (χ0) is 13.4.